The summed E-state index contributed by atoms with van der Waals surface area (Å²) in [5, 5.41) is 74.8. The van der Waals surface area contributed by atoms with Gasteiger partial charge in [0, 0.05) is 0 Å². The van der Waals surface area contributed by atoms with Crippen LogP contribution in [0.15, 0.2) is 78.9 Å². The van der Waals surface area contributed by atoms with Gasteiger partial charge in [0.05, 0.1) is 0 Å². The van der Waals surface area contributed by atoms with E-state index in [1.807, 2.05) is 69.3 Å². The minimum absolute atomic E-state index is 0.501. The van der Waals surface area contributed by atoms with Gasteiger partial charge in [-0.05, 0) is 119 Å². The van der Waals surface area contributed by atoms with Crippen LogP contribution in [0.5, 0.6) is 0 Å². The molecule has 0 spiro atoms. The van der Waals surface area contributed by atoms with Crippen LogP contribution < -0.4 is 21.9 Å². The highest BCUT2D eigenvalue weighted by atomic mass is 16.4. The van der Waals surface area contributed by atoms with Gasteiger partial charge in [-0.3, -0.25) is 0 Å². The molecule has 0 bridgehead atoms. The predicted octanol–water partition coefficient (Wildman–Crippen LogP) is 0.130. The van der Waals surface area contributed by atoms with Crippen LogP contribution in [0.2, 0.25) is 0 Å². The zero-order chi connectivity index (χ0) is 35.2. The Morgan fingerprint density at radius 3 is 0.958 bits per heavy atom. The van der Waals surface area contributed by atoms with E-state index in [4.69, 9.17) is 0 Å². The Kier molecular flexibility index (Phi) is 16.1. The molecule has 0 radical (unpaired) electrons. The van der Waals surface area contributed by atoms with Gasteiger partial charge in [0.15, 0.2) is 0 Å². The minimum Gasteiger partial charge on any atom is -0.423 e. The van der Waals surface area contributed by atoms with Gasteiger partial charge in [-0.25, -0.2) is 0 Å². The van der Waals surface area contributed by atoms with Crippen molar-refractivity contribution >= 4 is 50.3 Å². The van der Waals surface area contributed by atoms with Crippen molar-refractivity contribution in [3.63, 3.8) is 0 Å². The van der Waals surface area contributed by atoms with Crippen LogP contribution in [0.1, 0.15) is 72.6 Å². The second kappa shape index (κ2) is 19.7. The maximum atomic E-state index is 9.42. The lowest BCUT2D eigenvalue weighted by atomic mass is 9.77. The molecule has 0 amide bonds. The van der Waals surface area contributed by atoms with Gasteiger partial charge in [0.2, 0.25) is 0 Å². The van der Waals surface area contributed by atoms with E-state index in [2.05, 4.69) is 18.2 Å². The first-order valence-corrected chi connectivity index (χ1v) is 16.8. The van der Waals surface area contributed by atoms with Gasteiger partial charge in [-0.2, -0.15) is 0 Å². The van der Waals surface area contributed by atoms with E-state index in [-0.39, 0.29) is 0 Å². The third-order valence-electron chi connectivity index (χ3n) is 8.45. The molecule has 8 nitrogen and oxygen atoms in total. The van der Waals surface area contributed by atoms with Gasteiger partial charge >= 0.3 is 28.5 Å². The van der Waals surface area contributed by atoms with Crippen molar-refractivity contribution in [3.8, 4) is 0 Å². The van der Waals surface area contributed by atoms with Gasteiger partial charge in [0.25, 0.3) is 0 Å². The van der Waals surface area contributed by atoms with Crippen molar-refractivity contribution in [3.05, 3.63) is 118 Å². The van der Waals surface area contributed by atoms with Gasteiger partial charge in [0.1, 0.15) is 0 Å². The zero-order valence-corrected chi connectivity index (χ0v) is 28.3. The second-order valence-corrected chi connectivity index (χ2v) is 12.3. The molecule has 48 heavy (non-hydrogen) atoms. The normalized spacial score (nSPS) is 10.7. The summed E-state index contributed by atoms with van der Waals surface area (Å²) in [5.74, 6) is 0. The molecule has 0 saturated carbocycles. The lowest BCUT2D eigenvalue weighted by Gasteiger charge is -2.10. The third-order valence-corrected chi connectivity index (χ3v) is 8.45. The molecule has 252 valence electrons. The molecule has 0 fully saturated rings. The highest BCUT2D eigenvalue weighted by molar-refractivity contribution is 6.59. The molecule has 4 aromatic carbocycles. The van der Waals surface area contributed by atoms with Gasteiger partial charge in [-0.15, -0.1) is 0 Å². The van der Waals surface area contributed by atoms with Crippen molar-refractivity contribution in [2.24, 2.45) is 0 Å². The average molecular weight is 652 g/mol. The van der Waals surface area contributed by atoms with E-state index in [9.17, 15) is 40.2 Å². The summed E-state index contributed by atoms with van der Waals surface area (Å²) in [6.07, 6.45) is 7.69. The number of aryl methyl sites for hydroxylation is 7. The molecule has 0 aliphatic carbocycles. The largest absolute Gasteiger partial charge is 0.488 e. The van der Waals surface area contributed by atoms with E-state index in [1.54, 1.807) is 12.1 Å². The second-order valence-electron chi connectivity index (χ2n) is 12.3. The highest BCUT2D eigenvalue weighted by Crippen LogP contribution is 2.13. The fraction of sp³-hybridized carbons (Fsp3) is 0.333. The van der Waals surface area contributed by atoms with Crippen LogP contribution in [0.3, 0.4) is 0 Å². The quantitative estimate of drug-likeness (QED) is 0.0842. The smallest absolute Gasteiger partial charge is 0.423 e. The molecular weight excluding hydrogens is 604 g/mol. The van der Waals surface area contributed by atoms with Crippen LogP contribution in [0.4, 0.5) is 0 Å². The van der Waals surface area contributed by atoms with Crippen LogP contribution in [0, 0.1) is 0 Å². The number of rotatable bonds is 15. The number of hydrogen-bond acceptors (Lipinski definition) is 8. The summed E-state index contributed by atoms with van der Waals surface area (Å²) in [6.45, 7) is 6.13. The first-order valence-electron chi connectivity index (χ1n) is 16.8. The Balaban J connectivity index is 0.000000261. The predicted molar refractivity (Wildman–Crippen MR) is 197 cm³/mol. The molecule has 4 rings (SSSR count). The summed E-state index contributed by atoms with van der Waals surface area (Å²) >= 11 is 0. The summed E-state index contributed by atoms with van der Waals surface area (Å²) in [4.78, 5) is 0. The standard InChI is InChI=1S/C19H26B2O4.C17H22B2O4/c1-3-14-8-16(12-18(10-14)20(22)23)6-5-7-17-9-15(4-2)11-19(13-17)21(24)25;1-2-13-9-15(12-17(10-13)19(22)23)7-3-5-14-6-4-8-16(11-14)18(20)21/h8-13,22-25H,3-7H2,1-2H3;4,6,8-12,20-23H,2-3,5,7H2,1H3. The van der Waals surface area contributed by atoms with E-state index in [0.717, 1.165) is 96.7 Å². The molecule has 0 atom stereocenters. The molecule has 0 heterocycles. The monoisotopic (exact) mass is 652 g/mol. The van der Waals surface area contributed by atoms with E-state index < -0.39 is 28.5 Å². The van der Waals surface area contributed by atoms with Crippen molar-refractivity contribution in [2.45, 2.75) is 78.6 Å². The molecule has 8 N–H and O–H groups in total. The molecular formula is C36H48B4O8. The average Bonchev–Trinajstić information content (AvgIpc) is 3.08. The van der Waals surface area contributed by atoms with Crippen LogP contribution >= 0.6 is 0 Å². The van der Waals surface area contributed by atoms with Crippen molar-refractivity contribution < 1.29 is 40.2 Å². The Morgan fingerprint density at radius 1 is 0.354 bits per heavy atom. The number of hydrogen-bond donors (Lipinski definition) is 8. The molecule has 0 aromatic heterocycles. The highest BCUT2D eigenvalue weighted by Gasteiger charge is 2.15. The summed E-state index contributed by atoms with van der Waals surface area (Å²) < 4.78 is 0. The van der Waals surface area contributed by atoms with Gasteiger partial charge in [-0.1, -0.05) is 99.6 Å². The molecule has 4 aromatic rings. The van der Waals surface area contributed by atoms with Gasteiger partial charge < -0.3 is 40.2 Å². The Bertz CT molecular complexity index is 1520. The van der Waals surface area contributed by atoms with Crippen LogP contribution in [0.25, 0.3) is 0 Å². The van der Waals surface area contributed by atoms with Crippen molar-refractivity contribution in [1.82, 2.24) is 0 Å². The van der Waals surface area contributed by atoms with E-state index in [1.165, 1.54) is 0 Å². The van der Waals surface area contributed by atoms with E-state index >= 15 is 0 Å². The third kappa shape index (κ3) is 12.7. The molecule has 12 heteroatoms. The topological polar surface area (TPSA) is 162 Å². The Morgan fingerprint density at radius 2 is 0.646 bits per heavy atom. The number of benzene rings is 4. The van der Waals surface area contributed by atoms with Crippen LogP contribution in [-0.4, -0.2) is 68.7 Å². The summed E-state index contributed by atoms with van der Waals surface area (Å²) in [5.41, 5.74) is 9.73. The zero-order valence-electron chi connectivity index (χ0n) is 28.3. The first-order chi connectivity index (χ1) is 22.9. The Hall–Kier alpha value is -3.18. The summed E-state index contributed by atoms with van der Waals surface area (Å²) in [6, 6.07) is 24.6. The van der Waals surface area contributed by atoms with E-state index in [0.29, 0.717) is 21.9 Å². The molecule has 0 unspecified atom stereocenters. The molecule has 0 saturated heterocycles. The molecule has 0 aliphatic rings. The summed E-state index contributed by atoms with van der Waals surface area (Å²) in [7, 11) is -5.77. The lowest BCUT2D eigenvalue weighted by Crippen LogP contribution is -2.30. The maximum Gasteiger partial charge on any atom is 0.488 e. The molecule has 0 aliphatic heterocycles. The van der Waals surface area contributed by atoms with Crippen LogP contribution in [-0.2, 0) is 44.9 Å². The lowest BCUT2D eigenvalue weighted by molar-refractivity contribution is 0.424. The fourth-order valence-electron chi connectivity index (χ4n) is 5.77. The Labute approximate surface area is 286 Å². The van der Waals surface area contributed by atoms with Crippen molar-refractivity contribution in [2.75, 3.05) is 0 Å². The van der Waals surface area contributed by atoms with Crippen molar-refractivity contribution in [1.29, 1.82) is 0 Å². The first kappa shape index (κ1) is 39.3. The fourth-order valence-corrected chi connectivity index (χ4v) is 5.77. The minimum atomic E-state index is -1.44. The SMILES string of the molecule is CCc1cc(CCCc2cc(CC)cc(B(O)O)c2)cc(B(O)O)c1.CCc1cc(CCCc2cccc(B(O)O)c2)cc(B(O)O)c1. The maximum absolute atomic E-state index is 9.42.